The minimum Gasteiger partial charge on any atom is -0.507 e. The molecule has 0 radical (unpaired) electrons. The second-order valence-corrected chi connectivity index (χ2v) is 14.6. The largest absolute Gasteiger partial charge is 0.507 e. The molecule has 1 saturated heterocycles. The summed E-state index contributed by atoms with van der Waals surface area (Å²) in [7, 11) is 2.93. The molecule has 1 aromatic carbocycles. The molecule has 7 rings (SSSR count). The lowest BCUT2D eigenvalue weighted by molar-refractivity contribution is -0.267. The molecule has 9 heteroatoms. The van der Waals surface area contributed by atoms with E-state index < -0.39 is 45.8 Å². The summed E-state index contributed by atoms with van der Waals surface area (Å²) in [6, 6.07) is 0. The van der Waals surface area contributed by atoms with E-state index in [2.05, 4.69) is 0 Å². The van der Waals surface area contributed by atoms with Gasteiger partial charge >= 0.3 is 0 Å². The number of ketones is 2. The van der Waals surface area contributed by atoms with Gasteiger partial charge in [0, 0.05) is 43.1 Å². The maximum atomic E-state index is 15.2. The van der Waals surface area contributed by atoms with E-state index in [-0.39, 0.29) is 47.6 Å². The van der Waals surface area contributed by atoms with Crippen molar-refractivity contribution in [2.75, 3.05) is 14.2 Å². The van der Waals surface area contributed by atoms with E-state index in [0.29, 0.717) is 28.9 Å². The number of ether oxygens (including phenoxy) is 5. The Kier molecular flexibility index (Phi) is 6.69. The number of carbonyl (C=O) groups is 3. The van der Waals surface area contributed by atoms with Crippen LogP contribution < -0.4 is 9.47 Å². The van der Waals surface area contributed by atoms with Gasteiger partial charge in [0.15, 0.2) is 22.6 Å². The lowest BCUT2D eigenvalue weighted by Gasteiger charge is -2.65. The summed E-state index contributed by atoms with van der Waals surface area (Å²) in [6.45, 7) is 15.4. The first kappa shape index (κ1) is 31.0. The fourth-order valence-electron chi connectivity index (χ4n) is 8.92. The fraction of sp³-hybridized carbons (Fsp3) is 0.629. The number of rotatable bonds is 7. The highest BCUT2D eigenvalue weighted by Crippen LogP contribution is 2.72. The first-order valence-corrected chi connectivity index (χ1v) is 15.4. The number of phenolic OH excluding ortho intramolecular Hbond substituents is 1. The highest BCUT2D eigenvalue weighted by atomic mass is 16.6. The standard InChI is InChI=1S/C35H44O9/c1-17(2)11-12-20-25(37)22-26(38)23-29(40-9)33(41-10)15-21-32(7,8)44-34(30(33)39,14-13-18(3)16-36)35(21,23)43-28(22)24-27(20)42-19(4)31(24,5)6/h11,13,16,19,21,23,29,37H,12,14-15H2,1-10H3/b18-13+/t19-,21-,23+,29+,33+,34-,35-/m1/s1. The molecule has 6 aliphatic rings. The van der Waals surface area contributed by atoms with Crippen molar-refractivity contribution < 1.29 is 43.2 Å². The molecule has 3 aliphatic heterocycles. The molecule has 1 N–H and O–H groups in total. The van der Waals surface area contributed by atoms with E-state index in [0.717, 1.165) is 11.9 Å². The first-order valence-electron chi connectivity index (χ1n) is 15.4. The van der Waals surface area contributed by atoms with E-state index in [1.165, 1.54) is 14.2 Å². The zero-order valence-corrected chi connectivity index (χ0v) is 27.4. The number of phenols is 1. The molecule has 238 valence electrons. The molecule has 0 unspecified atom stereocenters. The molecule has 4 bridgehead atoms. The van der Waals surface area contributed by atoms with E-state index >= 15 is 4.79 Å². The van der Waals surface area contributed by atoms with Crippen LogP contribution in [0.1, 0.15) is 89.7 Å². The third kappa shape index (κ3) is 3.44. The van der Waals surface area contributed by atoms with Gasteiger partial charge in [-0.1, -0.05) is 31.6 Å². The number of methoxy groups -OCH3 is 2. The van der Waals surface area contributed by atoms with E-state index in [4.69, 9.17) is 23.7 Å². The molecule has 1 spiro atoms. The monoisotopic (exact) mass is 608 g/mol. The van der Waals surface area contributed by atoms with Crippen molar-refractivity contribution in [3.8, 4) is 17.2 Å². The van der Waals surface area contributed by atoms with Crippen molar-refractivity contribution in [1.82, 2.24) is 0 Å². The molecular weight excluding hydrogens is 564 g/mol. The van der Waals surface area contributed by atoms with Gasteiger partial charge in [-0.3, -0.25) is 14.4 Å². The molecule has 1 aromatic rings. The minimum absolute atomic E-state index is 0.000117. The Balaban J connectivity index is 1.72. The van der Waals surface area contributed by atoms with Gasteiger partial charge in [-0.2, -0.15) is 0 Å². The number of benzene rings is 1. The lowest BCUT2D eigenvalue weighted by Crippen LogP contribution is -2.86. The Labute approximate surface area is 258 Å². The average Bonchev–Trinajstić information content (AvgIpc) is 3.28. The second kappa shape index (κ2) is 9.50. The molecule has 3 heterocycles. The molecule has 3 aliphatic carbocycles. The maximum Gasteiger partial charge on any atom is 0.203 e. The van der Waals surface area contributed by atoms with Crippen molar-refractivity contribution in [1.29, 1.82) is 0 Å². The fourth-order valence-corrected chi connectivity index (χ4v) is 8.92. The number of carbonyl (C=O) groups excluding carboxylic acids is 3. The lowest BCUT2D eigenvalue weighted by atomic mass is 9.44. The SMILES string of the molecule is CO[C@H]1[C@@H]2C(=O)c3c(O)c(CC=C(C)C)c4c(c3O[C@]23[C@@H]2C[C@@]1(OC)C(=O)[C@@]3(C/C=C(\C)C=O)OC2(C)C)C(C)(C)[C@@H](C)O4. The normalized spacial score (nSPS) is 37.1. The number of allylic oxidation sites excluding steroid dienone is 3. The summed E-state index contributed by atoms with van der Waals surface area (Å²) in [4.78, 5) is 41.8. The Morgan fingerprint density at radius 3 is 2.34 bits per heavy atom. The topological polar surface area (TPSA) is 118 Å². The Bertz CT molecular complexity index is 1550. The van der Waals surface area contributed by atoms with Crippen molar-refractivity contribution >= 4 is 17.9 Å². The van der Waals surface area contributed by atoms with Gasteiger partial charge in [0.25, 0.3) is 0 Å². The summed E-state index contributed by atoms with van der Waals surface area (Å²) < 4.78 is 32.7. The van der Waals surface area contributed by atoms with Gasteiger partial charge < -0.3 is 28.8 Å². The quantitative estimate of drug-likeness (QED) is 0.260. The Morgan fingerprint density at radius 2 is 1.75 bits per heavy atom. The number of fused-ring (bicyclic) bond motifs is 3. The van der Waals surface area contributed by atoms with Crippen LogP contribution in [0.15, 0.2) is 23.3 Å². The van der Waals surface area contributed by atoms with E-state index in [1.807, 2.05) is 54.5 Å². The number of hydrogen-bond donors (Lipinski definition) is 1. The van der Waals surface area contributed by atoms with E-state index in [1.54, 1.807) is 13.0 Å². The summed E-state index contributed by atoms with van der Waals surface area (Å²) in [5.74, 6) is -1.72. The van der Waals surface area contributed by atoms with Crippen molar-refractivity contribution in [3.05, 3.63) is 40.0 Å². The Morgan fingerprint density at radius 1 is 1.07 bits per heavy atom. The minimum atomic E-state index is -1.68. The van der Waals surface area contributed by atoms with Crippen molar-refractivity contribution in [2.45, 2.75) is 115 Å². The molecule has 7 atom stereocenters. The van der Waals surface area contributed by atoms with Crippen LogP contribution in [0.4, 0.5) is 0 Å². The highest BCUT2D eigenvalue weighted by Gasteiger charge is 2.89. The number of hydrogen-bond acceptors (Lipinski definition) is 9. The molecule has 0 aromatic heterocycles. The van der Waals surface area contributed by atoms with Crippen LogP contribution >= 0.6 is 0 Å². The smallest absolute Gasteiger partial charge is 0.203 e. The highest BCUT2D eigenvalue weighted by molar-refractivity contribution is 6.11. The summed E-state index contributed by atoms with van der Waals surface area (Å²) >= 11 is 0. The van der Waals surface area contributed by atoms with Gasteiger partial charge in [-0.05, 0) is 60.0 Å². The van der Waals surface area contributed by atoms with Crippen molar-refractivity contribution in [2.24, 2.45) is 11.8 Å². The predicted octanol–water partition coefficient (Wildman–Crippen LogP) is 4.98. The van der Waals surface area contributed by atoms with Crippen molar-refractivity contribution in [3.63, 3.8) is 0 Å². The third-order valence-electron chi connectivity index (χ3n) is 11.4. The zero-order valence-electron chi connectivity index (χ0n) is 27.4. The Hall–Kier alpha value is -3.01. The first-order chi connectivity index (χ1) is 20.5. The van der Waals surface area contributed by atoms with Gasteiger partial charge in [-0.15, -0.1) is 0 Å². The summed E-state index contributed by atoms with van der Waals surface area (Å²) in [6.07, 6.45) is 3.67. The summed E-state index contributed by atoms with van der Waals surface area (Å²) in [5.41, 5.74) is -3.43. The molecule has 4 fully saturated rings. The molecule has 44 heavy (non-hydrogen) atoms. The molecule has 3 saturated carbocycles. The van der Waals surface area contributed by atoms with Crippen LogP contribution in [0.5, 0.6) is 17.2 Å². The molecule has 0 amide bonds. The third-order valence-corrected chi connectivity index (χ3v) is 11.4. The van der Waals surface area contributed by atoms with Crippen LogP contribution in [-0.4, -0.2) is 71.8 Å². The van der Waals surface area contributed by atoms with Crippen LogP contribution in [0.3, 0.4) is 0 Å². The van der Waals surface area contributed by atoms with Crippen LogP contribution in [0, 0.1) is 11.8 Å². The number of aldehydes is 1. The van der Waals surface area contributed by atoms with Gasteiger partial charge in [0.1, 0.15) is 41.3 Å². The van der Waals surface area contributed by atoms with Crippen LogP contribution in [0.2, 0.25) is 0 Å². The second-order valence-electron chi connectivity index (χ2n) is 14.6. The predicted molar refractivity (Wildman–Crippen MR) is 162 cm³/mol. The average molecular weight is 609 g/mol. The number of aromatic hydroxyl groups is 1. The summed E-state index contributed by atoms with van der Waals surface area (Å²) in [5, 5.41) is 11.9. The maximum absolute atomic E-state index is 15.2. The zero-order chi connectivity index (χ0) is 32.4. The van der Waals surface area contributed by atoms with E-state index in [9.17, 15) is 14.7 Å². The molecule has 9 nitrogen and oxygen atoms in total. The van der Waals surface area contributed by atoms with Gasteiger partial charge in [0.05, 0.1) is 11.5 Å². The van der Waals surface area contributed by atoms with Gasteiger partial charge in [-0.25, -0.2) is 0 Å². The molecular formula is C35H44O9. The number of Topliss-reactive ketones (excluding diaryl/α,β-unsaturated/α-hetero) is 2. The van der Waals surface area contributed by atoms with Gasteiger partial charge in [0.2, 0.25) is 5.78 Å². The van der Waals surface area contributed by atoms with Crippen LogP contribution in [0.25, 0.3) is 0 Å². The van der Waals surface area contributed by atoms with Crippen LogP contribution in [-0.2, 0) is 35.6 Å².